The van der Waals surface area contributed by atoms with Crippen molar-refractivity contribution in [3.8, 4) is 0 Å². The summed E-state index contributed by atoms with van der Waals surface area (Å²) in [6, 6.07) is 0.145. The molecule has 0 bridgehead atoms. The molecular weight excluding hydrogens is 190 g/mol. The number of rotatable bonds is 2. The van der Waals surface area contributed by atoms with E-state index in [0.29, 0.717) is 6.42 Å². The van der Waals surface area contributed by atoms with Gasteiger partial charge in [0.05, 0.1) is 17.9 Å². The zero-order valence-corrected chi connectivity index (χ0v) is 8.89. The number of carbonyl (C=O) groups is 1. The second-order valence-electron chi connectivity index (χ2n) is 3.73. The summed E-state index contributed by atoms with van der Waals surface area (Å²) >= 11 is 0. The quantitative estimate of drug-likeness (QED) is 0.736. The van der Waals surface area contributed by atoms with E-state index in [4.69, 9.17) is 0 Å². The van der Waals surface area contributed by atoms with Crippen LogP contribution >= 0.6 is 0 Å². The number of aromatic nitrogens is 2. The maximum atomic E-state index is 11.7. The van der Waals surface area contributed by atoms with E-state index in [1.807, 2.05) is 11.8 Å². The molecule has 0 radical (unpaired) electrons. The van der Waals surface area contributed by atoms with Crippen LogP contribution in [0.3, 0.4) is 0 Å². The highest BCUT2D eigenvalue weighted by Crippen LogP contribution is 2.30. The molecule has 1 saturated heterocycles. The molecule has 0 saturated carbocycles. The predicted molar refractivity (Wildman–Crippen MR) is 56.0 cm³/mol. The second-order valence-corrected chi connectivity index (χ2v) is 3.73. The Labute approximate surface area is 89.3 Å². The van der Waals surface area contributed by atoms with Crippen molar-refractivity contribution in [2.45, 2.75) is 32.2 Å². The van der Waals surface area contributed by atoms with Crippen LogP contribution in [-0.2, 0) is 4.79 Å². The first-order chi connectivity index (χ1) is 7.33. The summed E-state index contributed by atoms with van der Waals surface area (Å²) in [5.41, 5.74) is 0.914. The highest BCUT2D eigenvalue weighted by atomic mass is 16.2. The largest absolute Gasteiger partial charge is 0.334 e. The van der Waals surface area contributed by atoms with Crippen molar-refractivity contribution in [3.63, 3.8) is 0 Å². The first-order valence-electron chi connectivity index (χ1n) is 5.38. The van der Waals surface area contributed by atoms with Crippen LogP contribution in [0, 0.1) is 0 Å². The van der Waals surface area contributed by atoms with Crippen LogP contribution in [0.15, 0.2) is 18.6 Å². The number of hydrogen-bond acceptors (Lipinski definition) is 3. The van der Waals surface area contributed by atoms with Gasteiger partial charge >= 0.3 is 0 Å². The maximum Gasteiger partial charge on any atom is 0.222 e. The number of hydrogen-bond donors (Lipinski definition) is 0. The van der Waals surface area contributed by atoms with Crippen LogP contribution in [0.5, 0.6) is 0 Å². The van der Waals surface area contributed by atoms with E-state index in [0.717, 1.165) is 25.1 Å². The van der Waals surface area contributed by atoms with Gasteiger partial charge in [0.2, 0.25) is 5.91 Å². The number of nitrogens with zero attached hydrogens (tertiary/aromatic N) is 3. The lowest BCUT2D eigenvalue weighted by Gasteiger charge is -2.23. The molecule has 80 valence electrons. The molecule has 1 aromatic heterocycles. The third-order valence-electron chi connectivity index (χ3n) is 2.80. The third-order valence-corrected chi connectivity index (χ3v) is 2.80. The van der Waals surface area contributed by atoms with Gasteiger partial charge in [-0.1, -0.05) is 6.92 Å². The molecule has 1 aromatic rings. The molecular formula is C11H15N3O. The standard InChI is InChI=1S/C11H15N3O/c1-2-11(15)14-7-3-4-10(14)9-8-12-5-6-13-9/h5-6,8,10H,2-4,7H2,1H3/t10-/m1/s1. The number of carbonyl (C=O) groups excluding carboxylic acids is 1. The second kappa shape index (κ2) is 4.38. The van der Waals surface area contributed by atoms with E-state index in [-0.39, 0.29) is 11.9 Å². The van der Waals surface area contributed by atoms with E-state index >= 15 is 0 Å². The molecule has 1 amide bonds. The van der Waals surface area contributed by atoms with E-state index in [1.54, 1.807) is 18.6 Å². The van der Waals surface area contributed by atoms with E-state index in [1.165, 1.54) is 0 Å². The Morgan fingerprint density at radius 3 is 3.13 bits per heavy atom. The van der Waals surface area contributed by atoms with Gasteiger partial charge in [0, 0.05) is 25.4 Å². The third kappa shape index (κ3) is 1.98. The Hall–Kier alpha value is -1.45. The lowest BCUT2D eigenvalue weighted by molar-refractivity contribution is -0.131. The van der Waals surface area contributed by atoms with Crippen LogP contribution in [0.2, 0.25) is 0 Å². The first kappa shape index (κ1) is 10.1. The van der Waals surface area contributed by atoms with Gasteiger partial charge in [0.1, 0.15) is 0 Å². The summed E-state index contributed by atoms with van der Waals surface area (Å²) in [5, 5.41) is 0. The fourth-order valence-corrected chi connectivity index (χ4v) is 2.06. The minimum atomic E-state index is 0.145. The number of amides is 1. The fourth-order valence-electron chi connectivity index (χ4n) is 2.06. The smallest absolute Gasteiger partial charge is 0.222 e. The summed E-state index contributed by atoms with van der Waals surface area (Å²) in [7, 11) is 0. The molecule has 1 fully saturated rings. The van der Waals surface area contributed by atoms with Gasteiger partial charge in [-0.25, -0.2) is 0 Å². The van der Waals surface area contributed by atoms with Gasteiger partial charge < -0.3 is 4.90 Å². The van der Waals surface area contributed by atoms with Gasteiger partial charge in [0.25, 0.3) is 0 Å². The molecule has 1 atom stereocenters. The molecule has 2 rings (SSSR count). The summed E-state index contributed by atoms with van der Waals surface area (Å²) in [5.74, 6) is 0.211. The molecule has 15 heavy (non-hydrogen) atoms. The highest BCUT2D eigenvalue weighted by Gasteiger charge is 2.29. The molecule has 2 heterocycles. The first-order valence-corrected chi connectivity index (χ1v) is 5.38. The van der Waals surface area contributed by atoms with Crippen LogP contribution < -0.4 is 0 Å². The van der Waals surface area contributed by atoms with Crippen LogP contribution in [-0.4, -0.2) is 27.3 Å². The average Bonchev–Trinajstić information content (AvgIpc) is 2.78. The molecule has 0 unspecified atom stereocenters. The Kier molecular flexibility index (Phi) is 2.94. The fraction of sp³-hybridized carbons (Fsp3) is 0.545. The molecule has 0 aliphatic carbocycles. The van der Waals surface area contributed by atoms with Gasteiger partial charge in [-0.2, -0.15) is 0 Å². The molecule has 0 spiro atoms. The summed E-state index contributed by atoms with van der Waals surface area (Å²) < 4.78 is 0. The normalized spacial score (nSPS) is 20.6. The van der Waals surface area contributed by atoms with Gasteiger partial charge in [-0.05, 0) is 12.8 Å². The average molecular weight is 205 g/mol. The monoisotopic (exact) mass is 205 g/mol. The Morgan fingerprint density at radius 2 is 2.47 bits per heavy atom. The lowest BCUT2D eigenvalue weighted by Crippen LogP contribution is -2.30. The molecule has 0 N–H and O–H groups in total. The zero-order chi connectivity index (χ0) is 10.7. The molecule has 4 heteroatoms. The van der Waals surface area contributed by atoms with Gasteiger partial charge in [-0.3, -0.25) is 14.8 Å². The summed E-state index contributed by atoms with van der Waals surface area (Å²) in [6.07, 6.45) is 7.73. The summed E-state index contributed by atoms with van der Waals surface area (Å²) in [4.78, 5) is 21.9. The molecule has 1 aliphatic rings. The Bertz CT molecular complexity index is 339. The summed E-state index contributed by atoms with van der Waals surface area (Å²) in [6.45, 7) is 2.75. The van der Waals surface area contributed by atoms with Crippen molar-refractivity contribution in [1.29, 1.82) is 0 Å². The van der Waals surface area contributed by atoms with E-state index in [9.17, 15) is 4.79 Å². The topological polar surface area (TPSA) is 46.1 Å². The van der Waals surface area contributed by atoms with Crippen molar-refractivity contribution < 1.29 is 4.79 Å². The van der Waals surface area contributed by atoms with E-state index in [2.05, 4.69) is 9.97 Å². The van der Waals surface area contributed by atoms with Gasteiger partial charge in [0.15, 0.2) is 0 Å². The van der Waals surface area contributed by atoms with Gasteiger partial charge in [-0.15, -0.1) is 0 Å². The lowest BCUT2D eigenvalue weighted by atomic mass is 10.1. The minimum absolute atomic E-state index is 0.145. The van der Waals surface area contributed by atoms with E-state index < -0.39 is 0 Å². The highest BCUT2D eigenvalue weighted by molar-refractivity contribution is 5.76. The van der Waals surface area contributed by atoms with Crippen LogP contribution in [0.1, 0.15) is 37.9 Å². The van der Waals surface area contributed by atoms with Crippen molar-refractivity contribution >= 4 is 5.91 Å². The SMILES string of the molecule is CCC(=O)N1CCC[C@@H]1c1cnccn1. The zero-order valence-electron chi connectivity index (χ0n) is 8.89. The van der Waals surface area contributed by atoms with Crippen molar-refractivity contribution in [3.05, 3.63) is 24.3 Å². The van der Waals surface area contributed by atoms with Crippen molar-refractivity contribution in [2.24, 2.45) is 0 Å². The van der Waals surface area contributed by atoms with Crippen molar-refractivity contribution in [1.82, 2.24) is 14.9 Å². The predicted octanol–water partition coefficient (Wildman–Crippen LogP) is 1.55. The molecule has 0 aromatic carbocycles. The molecule has 4 nitrogen and oxygen atoms in total. The Morgan fingerprint density at radius 1 is 1.60 bits per heavy atom. The molecule has 1 aliphatic heterocycles. The number of likely N-dealkylation sites (tertiary alicyclic amines) is 1. The van der Waals surface area contributed by atoms with Crippen LogP contribution in [0.4, 0.5) is 0 Å². The minimum Gasteiger partial charge on any atom is -0.334 e. The maximum absolute atomic E-state index is 11.7. The Balaban J connectivity index is 2.18. The van der Waals surface area contributed by atoms with Crippen LogP contribution in [0.25, 0.3) is 0 Å². The van der Waals surface area contributed by atoms with Crippen molar-refractivity contribution in [2.75, 3.05) is 6.54 Å².